The standard InChI is InChI=1S/C16H28N2O/c1-2-12-7-9-17-14(11-12)16(19)18-10-8-13-5-3-4-6-15(13)18/h12-15,17H,2-11H2,1H3. The molecule has 108 valence electrons. The van der Waals surface area contributed by atoms with Crippen molar-refractivity contribution in [3.63, 3.8) is 0 Å². The van der Waals surface area contributed by atoms with Crippen molar-refractivity contribution in [3.05, 3.63) is 0 Å². The number of piperidine rings is 1. The molecule has 1 saturated carbocycles. The zero-order chi connectivity index (χ0) is 13.2. The smallest absolute Gasteiger partial charge is 0.239 e. The van der Waals surface area contributed by atoms with E-state index in [0.717, 1.165) is 31.3 Å². The van der Waals surface area contributed by atoms with Crippen LogP contribution in [0.4, 0.5) is 0 Å². The summed E-state index contributed by atoms with van der Waals surface area (Å²) in [6, 6.07) is 0.685. The third-order valence-corrected chi connectivity index (χ3v) is 5.68. The van der Waals surface area contributed by atoms with Gasteiger partial charge >= 0.3 is 0 Å². The van der Waals surface area contributed by atoms with Gasteiger partial charge in [0.1, 0.15) is 0 Å². The SMILES string of the molecule is CCC1CCNC(C(=O)N2CCC3CCCCC32)C1. The molecule has 4 atom stereocenters. The maximum absolute atomic E-state index is 12.8. The minimum Gasteiger partial charge on any atom is -0.338 e. The van der Waals surface area contributed by atoms with Crippen LogP contribution in [0.1, 0.15) is 58.3 Å². The first kappa shape index (κ1) is 13.4. The van der Waals surface area contributed by atoms with Crippen molar-refractivity contribution >= 4 is 5.91 Å². The van der Waals surface area contributed by atoms with Crippen molar-refractivity contribution in [1.82, 2.24) is 10.2 Å². The van der Waals surface area contributed by atoms with E-state index in [4.69, 9.17) is 0 Å². The van der Waals surface area contributed by atoms with Crippen LogP contribution in [0.3, 0.4) is 0 Å². The lowest BCUT2D eigenvalue weighted by Crippen LogP contribution is -2.52. The molecule has 1 N–H and O–H groups in total. The van der Waals surface area contributed by atoms with Gasteiger partial charge in [0, 0.05) is 12.6 Å². The van der Waals surface area contributed by atoms with Crippen LogP contribution in [0.25, 0.3) is 0 Å². The molecule has 3 heteroatoms. The molecular formula is C16H28N2O. The molecule has 1 aliphatic carbocycles. The number of nitrogens with one attached hydrogen (secondary N) is 1. The second-order valence-corrected chi connectivity index (χ2v) is 6.74. The largest absolute Gasteiger partial charge is 0.338 e. The molecule has 0 bridgehead atoms. The zero-order valence-corrected chi connectivity index (χ0v) is 12.2. The predicted octanol–water partition coefficient (Wildman–Crippen LogP) is 2.56. The average molecular weight is 264 g/mol. The van der Waals surface area contributed by atoms with Gasteiger partial charge in [0.15, 0.2) is 0 Å². The number of rotatable bonds is 2. The van der Waals surface area contributed by atoms with Gasteiger partial charge in [0.25, 0.3) is 0 Å². The molecule has 3 rings (SSSR count). The second-order valence-electron chi connectivity index (χ2n) is 6.74. The summed E-state index contributed by atoms with van der Waals surface area (Å²) in [7, 11) is 0. The Morgan fingerprint density at radius 2 is 2.05 bits per heavy atom. The summed E-state index contributed by atoms with van der Waals surface area (Å²) in [6.45, 7) is 4.30. The molecule has 19 heavy (non-hydrogen) atoms. The van der Waals surface area contributed by atoms with Crippen LogP contribution in [0.2, 0.25) is 0 Å². The highest BCUT2D eigenvalue weighted by molar-refractivity contribution is 5.82. The molecule has 3 aliphatic rings. The van der Waals surface area contributed by atoms with Gasteiger partial charge in [0.2, 0.25) is 5.91 Å². The fraction of sp³-hybridized carbons (Fsp3) is 0.938. The van der Waals surface area contributed by atoms with Crippen molar-refractivity contribution in [2.75, 3.05) is 13.1 Å². The fourth-order valence-electron chi connectivity index (χ4n) is 4.43. The molecule has 3 fully saturated rings. The van der Waals surface area contributed by atoms with E-state index in [1.165, 1.54) is 44.9 Å². The van der Waals surface area contributed by atoms with Crippen molar-refractivity contribution in [2.24, 2.45) is 11.8 Å². The van der Waals surface area contributed by atoms with Crippen LogP contribution in [0.15, 0.2) is 0 Å². The normalized spacial score (nSPS) is 39.1. The Morgan fingerprint density at radius 3 is 2.89 bits per heavy atom. The molecule has 2 aliphatic heterocycles. The Hall–Kier alpha value is -0.570. The summed E-state index contributed by atoms with van der Waals surface area (Å²) in [5, 5.41) is 3.46. The minimum absolute atomic E-state index is 0.111. The second kappa shape index (κ2) is 5.82. The molecule has 4 unspecified atom stereocenters. The minimum atomic E-state index is 0.111. The van der Waals surface area contributed by atoms with Gasteiger partial charge in [-0.2, -0.15) is 0 Å². The van der Waals surface area contributed by atoms with E-state index >= 15 is 0 Å². The van der Waals surface area contributed by atoms with Crippen LogP contribution in [0, 0.1) is 11.8 Å². The third-order valence-electron chi connectivity index (χ3n) is 5.68. The zero-order valence-electron chi connectivity index (χ0n) is 12.2. The summed E-state index contributed by atoms with van der Waals surface area (Å²) in [5.41, 5.74) is 0. The first-order chi connectivity index (χ1) is 9.29. The predicted molar refractivity (Wildman–Crippen MR) is 76.9 cm³/mol. The van der Waals surface area contributed by atoms with Crippen LogP contribution in [-0.2, 0) is 4.79 Å². The number of nitrogens with zero attached hydrogens (tertiary/aromatic N) is 1. The third kappa shape index (κ3) is 2.67. The summed E-state index contributed by atoms with van der Waals surface area (Å²) in [4.78, 5) is 15.0. The number of amides is 1. The molecule has 2 heterocycles. The topological polar surface area (TPSA) is 32.3 Å². The number of hydrogen-bond donors (Lipinski definition) is 1. The Bertz CT molecular complexity index is 331. The van der Waals surface area contributed by atoms with E-state index in [9.17, 15) is 4.79 Å². The van der Waals surface area contributed by atoms with Crippen molar-refractivity contribution in [3.8, 4) is 0 Å². The lowest BCUT2D eigenvalue weighted by molar-refractivity contribution is -0.136. The van der Waals surface area contributed by atoms with E-state index in [1.54, 1.807) is 0 Å². The Labute approximate surface area is 117 Å². The van der Waals surface area contributed by atoms with E-state index in [0.29, 0.717) is 11.9 Å². The Balaban J connectivity index is 1.63. The maximum Gasteiger partial charge on any atom is 0.239 e. The van der Waals surface area contributed by atoms with E-state index < -0.39 is 0 Å². The van der Waals surface area contributed by atoms with Crippen LogP contribution in [-0.4, -0.2) is 36.0 Å². The number of carbonyl (C=O) groups excluding carboxylic acids is 1. The highest BCUT2D eigenvalue weighted by Gasteiger charge is 2.40. The van der Waals surface area contributed by atoms with Gasteiger partial charge < -0.3 is 10.2 Å². The number of likely N-dealkylation sites (tertiary alicyclic amines) is 1. The highest BCUT2D eigenvalue weighted by Crippen LogP contribution is 2.37. The molecular weight excluding hydrogens is 236 g/mol. The van der Waals surface area contributed by atoms with Crippen molar-refractivity contribution in [1.29, 1.82) is 0 Å². The number of carbonyl (C=O) groups is 1. The molecule has 1 amide bonds. The lowest BCUT2D eigenvalue weighted by Gasteiger charge is -2.36. The quantitative estimate of drug-likeness (QED) is 0.831. The average Bonchev–Trinajstić information content (AvgIpc) is 2.90. The molecule has 3 nitrogen and oxygen atoms in total. The monoisotopic (exact) mass is 264 g/mol. The van der Waals surface area contributed by atoms with E-state index in [-0.39, 0.29) is 6.04 Å². The molecule has 0 aromatic carbocycles. The van der Waals surface area contributed by atoms with Gasteiger partial charge in [-0.3, -0.25) is 4.79 Å². The van der Waals surface area contributed by atoms with Gasteiger partial charge in [-0.05, 0) is 50.5 Å². The maximum atomic E-state index is 12.8. The van der Waals surface area contributed by atoms with Crippen LogP contribution >= 0.6 is 0 Å². The first-order valence-corrected chi connectivity index (χ1v) is 8.33. The van der Waals surface area contributed by atoms with Crippen molar-refractivity contribution in [2.45, 2.75) is 70.4 Å². The summed E-state index contributed by atoms with van der Waals surface area (Å²) in [5.74, 6) is 1.97. The summed E-state index contributed by atoms with van der Waals surface area (Å²) < 4.78 is 0. The van der Waals surface area contributed by atoms with Gasteiger partial charge in [-0.25, -0.2) is 0 Å². The van der Waals surface area contributed by atoms with Gasteiger partial charge in [-0.1, -0.05) is 26.2 Å². The van der Waals surface area contributed by atoms with Crippen LogP contribution < -0.4 is 5.32 Å². The Kier molecular flexibility index (Phi) is 4.11. The number of hydrogen-bond acceptors (Lipinski definition) is 2. The molecule has 2 saturated heterocycles. The molecule has 0 aromatic heterocycles. The van der Waals surface area contributed by atoms with Crippen LogP contribution in [0.5, 0.6) is 0 Å². The fourth-order valence-corrected chi connectivity index (χ4v) is 4.43. The van der Waals surface area contributed by atoms with Gasteiger partial charge in [-0.15, -0.1) is 0 Å². The first-order valence-electron chi connectivity index (χ1n) is 8.33. The lowest BCUT2D eigenvalue weighted by atomic mass is 9.84. The van der Waals surface area contributed by atoms with Gasteiger partial charge in [0.05, 0.1) is 6.04 Å². The summed E-state index contributed by atoms with van der Waals surface area (Å²) >= 11 is 0. The van der Waals surface area contributed by atoms with E-state index in [1.807, 2.05) is 0 Å². The molecule has 0 radical (unpaired) electrons. The molecule has 0 aromatic rings. The molecule has 0 spiro atoms. The highest BCUT2D eigenvalue weighted by atomic mass is 16.2. The summed E-state index contributed by atoms with van der Waals surface area (Å²) in [6.07, 6.45) is 10.1. The van der Waals surface area contributed by atoms with Crippen molar-refractivity contribution < 1.29 is 4.79 Å². The van der Waals surface area contributed by atoms with E-state index in [2.05, 4.69) is 17.1 Å². The Morgan fingerprint density at radius 1 is 1.21 bits per heavy atom. The number of fused-ring (bicyclic) bond motifs is 1.